The molecule has 19 heavy (non-hydrogen) atoms. The standard InChI is InChI=1S/C13H23FN2O3/c1-12(2,3)19-11(18)16-8-6-15(7-9-16)10(17)13(4,5)14/h6-9H2,1-5H3. The van der Waals surface area contributed by atoms with E-state index in [1.165, 1.54) is 18.7 Å². The van der Waals surface area contributed by atoms with Gasteiger partial charge in [0.25, 0.3) is 5.91 Å². The van der Waals surface area contributed by atoms with E-state index in [1.54, 1.807) is 25.7 Å². The third kappa shape index (κ3) is 4.69. The Morgan fingerprint density at radius 3 is 1.74 bits per heavy atom. The van der Waals surface area contributed by atoms with E-state index < -0.39 is 17.2 Å². The number of amides is 2. The second-order valence-electron chi connectivity index (χ2n) is 6.23. The van der Waals surface area contributed by atoms with E-state index >= 15 is 0 Å². The Morgan fingerprint density at radius 1 is 0.947 bits per heavy atom. The highest BCUT2D eigenvalue weighted by atomic mass is 19.1. The molecule has 0 aromatic carbocycles. The maximum atomic E-state index is 13.5. The van der Waals surface area contributed by atoms with Crippen LogP contribution >= 0.6 is 0 Å². The third-order valence-corrected chi connectivity index (χ3v) is 2.73. The zero-order valence-electron chi connectivity index (χ0n) is 12.3. The summed E-state index contributed by atoms with van der Waals surface area (Å²) in [6.45, 7) is 9.32. The Bertz CT molecular complexity index is 350. The number of piperazine rings is 1. The minimum absolute atomic E-state index is 0.339. The molecule has 0 aliphatic carbocycles. The van der Waals surface area contributed by atoms with E-state index in [4.69, 9.17) is 4.74 Å². The number of ether oxygens (including phenoxy) is 1. The third-order valence-electron chi connectivity index (χ3n) is 2.73. The minimum atomic E-state index is -1.87. The monoisotopic (exact) mass is 274 g/mol. The highest BCUT2D eigenvalue weighted by Crippen LogP contribution is 2.16. The van der Waals surface area contributed by atoms with Crippen LogP contribution in [0.25, 0.3) is 0 Å². The number of hydrogen-bond donors (Lipinski definition) is 0. The van der Waals surface area contributed by atoms with Crippen LogP contribution in [0.1, 0.15) is 34.6 Å². The molecule has 0 bridgehead atoms. The van der Waals surface area contributed by atoms with E-state index in [-0.39, 0.29) is 6.09 Å². The molecule has 1 rings (SSSR count). The average molecular weight is 274 g/mol. The predicted molar refractivity (Wildman–Crippen MR) is 69.6 cm³/mol. The highest BCUT2D eigenvalue weighted by Gasteiger charge is 2.34. The lowest BCUT2D eigenvalue weighted by Gasteiger charge is -2.37. The molecule has 5 nitrogen and oxygen atoms in total. The second kappa shape index (κ2) is 5.35. The summed E-state index contributed by atoms with van der Waals surface area (Å²) in [7, 11) is 0. The fourth-order valence-electron chi connectivity index (χ4n) is 1.79. The van der Waals surface area contributed by atoms with E-state index in [0.717, 1.165) is 0 Å². The number of alkyl halides is 1. The second-order valence-corrected chi connectivity index (χ2v) is 6.23. The molecule has 1 aliphatic rings. The Kier molecular flexibility index (Phi) is 4.43. The van der Waals surface area contributed by atoms with Crippen LogP contribution in [0.2, 0.25) is 0 Å². The van der Waals surface area contributed by atoms with Crippen molar-refractivity contribution in [1.29, 1.82) is 0 Å². The highest BCUT2D eigenvalue weighted by molar-refractivity contribution is 5.84. The average Bonchev–Trinajstić information content (AvgIpc) is 2.24. The summed E-state index contributed by atoms with van der Waals surface area (Å²) in [6.07, 6.45) is -0.390. The molecule has 0 aromatic rings. The fraction of sp³-hybridized carbons (Fsp3) is 0.846. The van der Waals surface area contributed by atoms with Crippen LogP contribution in [0, 0.1) is 0 Å². The molecule has 1 fully saturated rings. The lowest BCUT2D eigenvalue weighted by Crippen LogP contribution is -2.54. The van der Waals surface area contributed by atoms with Gasteiger partial charge in [-0.3, -0.25) is 4.79 Å². The lowest BCUT2D eigenvalue weighted by atomic mass is 10.1. The maximum Gasteiger partial charge on any atom is 0.410 e. The zero-order valence-corrected chi connectivity index (χ0v) is 12.3. The summed E-state index contributed by atoms with van der Waals surface area (Å²) in [5.74, 6) is -0.531. The molecule has 0 unspecified atom stereocenters. The summed E-state index contributed by atoms with van der Waals surface area (Å²) in [5.41, 5.74) is -2.40. The fourth-order valence-corrected chi connectivity index (χ4v) is 1.79. The van der Waals surface area contributed by atoms with Gasteiger partial charge in [-0.05, 0) is 34.6 Å². The molecule has 0 aromatic heterocycles. The molecule has 1 saturated heterocycles. The van der Waals surface area contributed by atoms with Crippen LogP contribution in [0.4, 0.5) is 9.18 Å². The number of nitrogens with zero attached hydrogens (tertiary/aromatic N) is 2. The quantitative estimate of drug-likeness (QED) is 0.733. The van der Waals surface area contributed by atoms with Crippen LogP contribution in [-0.2, 0) is 9.53 Å². The van der Waals surface area contributed by atoms with E-state index in [0.29, 0.717) is 26.2 Å². The van der Waals surface area contributed by atoms with Crippen LogP contribution in [-0.4, -0.2) is 59.2 Å². The van der Waals surface area contributed by atoms with Gasteiger partial charge in [0.15, 0.2) is 5.67 Å². The van der Waals surface area contributed by atoms with Crippen molar-refractivity contribution in [3.8, 4) is 0 Å². The molecule has 0 N–H and O–H groups in total. The molecule has 0 radical (unpaired) electrons. The summed E-state index contributed by atoms with van der Waals surface area (Å²) >= 11 is 0. The smallest absolute Gasteiger partial charge is 0.410 e. The van der Waals surface area contributed by atoms with E-state index in [1.807, 2.05) is 0 Å². The van der Waals surface area contributed by atoms with E-state index in [9.17, 15) is 14.0 Å². The van der Waals surface area contributed by atoms with Gasteiger partial charge in [0.1, 0.15) is 5.60 Å². The van der Waals surface area contributed by atoms with E-state index in [2.05, 4.69) is 0 Å². The van der Waals surface area contributed by atoms with Gasteiger partial charge in [-0.1, -0.05) is 0 Å². The Labute approximate surface area is 113 Å². The van der Waals surface area contributed by atoms with Crippen molar-refractivity contribution in [3.63, 3.8) is 0 Å². The van der Waals surface area contributed by atoms with Gasteiger partial charge in [0, 0.05) is 26.2 Å². The van der Waals surface area contributed by atoms with Gasteiger partial charge < -0.3 is 14.5 Å². The topological polar surface area (TPSA) is 49.9 Å². The SMILES string of the molecule is CC(C)(C)OC(=O)N1CCN(C(=O)C(C)(C)F)CC1. The van der Waals surface area contributed by atoms with Gasteiger partial charge in [-0.15, -0.1) is 0 Å². The van der Waals surface area contributed by atoms with Gasteiger partial charge in [0.05, 0.1) is 0 Å². The number of rotatable bonds is 1. The summed E-state index contributed by atoms with van der Waals surface area (Å²) in [4.78, 5) is 26.5. The summed E-state index contributed by atoms with van der Waals surface area (Å²) < 4.78 is 18.8. The first kappa shape index (κ1) is 15.7. The molecular formula is C13H23FN2O3. The Morgan fingerprint density at radius 2 is 1.37 bits per heavy atom. The first-order chi connectivity index (χ1) is 8.50. The van der Waals surface area contributed by atoms with Crippen LogP contribution in [0.5, 0.6) is 0 Å². The molecule has 0 saturated carbocycles. The van der Waals surface area contributed by atoms with Crippen molar-refractivity contribution in [2.75, 3.05) is 26.2 Å². The molecule has 2 amide bonds. The molecule has 110 valence electrons. The number of halogens is 1. The maximum absolute atomic E-state index is 13.5. The number of carbonyl (C=O) groups is 2. The van der Waals surface area contributed by atoms with Gasteiger partial charge >= 0.3 is 6.09 Å². The molecule has 1 aliphatic heterocycles. The number of carbonyl (C=O) groups excluding carboxylic acids is 2. The van der Waals surface area contributed by atoms with Crippen molar-refractivity contribution < 1.29 is 18.7 Å². The van der Waals surface area contributed by atoms with Gasteiger partial charge in [0.2, 0.25) is 0 Å². The van der Waals surface area contributed by atoms with Crippen molar-refractivity contribution in [3.05, 3.63) is 0 Å². The first-order valence-corrected chi connectivity index (χ1v) is 6.47. The Hall–Kier alpha value is -1.33. The van der Waals surface area contributed by atoms with Gasteiger partial charge in [-0.2, -0.15) is 0 Å². The molecule has 0 spiro atoms. The zero-order chi connectivity index (χ0) is 14.8. The molecule has 1 heterocycles. The van der Waals surface area contributed by atoms with Crippen LogP contribution in [0.3, 0.4) is 0 Å². The summed E-state index contributed by atoms with van der Waals surface area (Å²) in [6, 6.07) is 0. The lowest BCUT2D eigenvalue weighted by molar-refractivity contribution is -0.143. The van der Waals surface area contributed by atoms with Crippen LogP contribution < -0.4 is 0 Å². The first-order valence-electron chi connectivity index (χ1n) is 6.47. The molecule has 0 atom stereocenters. The predicted octanol–water partition coefficient (Wildman–Crippen LogP) is 1.81. The van der Waals surface area contributed by atoms with Crippen LogP contribution in [0.15, 0.2) is 0 Å². The molecular weight excluding hydrogens is 251 g/mol. The van der Waals surface area contributed by atoms with Gasteiger partial charge in [-0.25, -0.2) is 9.18 Å². The van der Waals surface area contributed by atoms with Crippen molar-refractivity contribution >= 4 is 12.0 Å². The normalized spacial score (nSPS) is 17.4. The largest absolute Gasteiger partial charge is 0.444 e. The van der Waals surface area contributed by atoms with Crippen molar-refractivity contribution in [2.24, 2.45) is 0 Å². The summed E-state index contributed by atoms with van der Waals surface area (Å²) in [5, 5.41) is 0. The Balaban J connectivity index is 2.50. The number of hydrogen-bond acceptors (Lipinski definition) is 3. The minimum Gasteiger partial charge on any atom is -0.444 e. The van der Waals surface area contributed by atoms with Crippen molar-refractivity contribution in [2.45, 2.75) is 45.9 Å². The molecule has 6 heteroatoms. The van der Waals surface area contributed by atoms with Crippen molar-refractivity contribution in [1.82, 2.24) is 9.80 Å².